The maximum Gasteiger partial charge on any atom is 0.0630 e. The third kappa shape index (κ3) is 2.21. The standard InChI is InChI=1S/C17H19NOS/c1-12-7-3-6-10-15(12)20(19)16-11-13-8-4-5-9-14(13)17(16)18-2/h3-10,16-18H,11H2,1-2H3. The van der Waals surface area contributed by atoms with E-state index in [1.807, 2.05) is 38.2 Å². The summed E-state index contributed by atoms with van der Waals surface area (Å²) in [6, 6.07) is 16.6. The van der Waals surface area contributed by atoms with Gasteiger partial charge in [-0.1, -0.05) is 42.5 Å². The van der Waals surface area contributed by atoms with Gasteiger partial charge in [0.05, 0.1) is 16.0 Å². The van der Waals surface area contributed by atoms with Gasteiger partial charge in [0.15, 0.2) is 0 Å². The Morgan fingerprint density at radius 1 is 1.10 bits per heavy atom. The summed E-state index contributed by atoms with van der Waals surface area (Å²) in [5.74, 6) is 0. The molecule has 0 bridgehead atoms. The Bertz CT molecular complexity index is 653. The lowest BCUT2D eigenvalue weighted by Crippen LogP contribution is -2.29. The SMILES string of the molecule is CNC1c2ccccc2CC1S(=O)c1ccccc1C. The van der Waals surface area contributed by atoms with E-state index < -0.39 is 10.8 Å². The van der Waals surface area contributed by atoms with Gasteiger partial charge in [0.2, 0.25) is 0 Å². The number of hydrogen-bond acceptors (Lipinski definition) is 2. The van der Waals surface area contributed by atoms with Crippen molar-refractivity contribution in [1.82, 2.24) is 5.32 Å². The average molecular weight is 285 g/mol. The first kappa shape index (κ1) is 13.5. The Labute approximate surface area is 122 Å². The van der Waals surface area contributed by atoms with E-state index in [4.69, 9.17) is 0 Å². The van der Waals surface area contributed by atoms with Gasteiger partial charge in [-0.25, -0.2) is 0 Å². The fourth-order valence-corrected chi connectivity index (χ4v) is 4.83. The van der Waals surface area contributed by atoms with Crippen molar-refractivity contribution >= 4 is 10.8 Å². The highest BCUT2D eigenvalue weighted by molar-refractivity contribution is 7.85. The van der Waals surface area contributed by atoms with Gasteiger partial charge in [-0.2, -0.15) is 0 Å². The smallest absolute Gasteiger partial charge is 0.0630 e. The molecule has 0 fully saturated rings. The Morgan fingerprint density at radius 2 is 1.80 bits per heavy atom. The van der Waals surface area contributed by atoms with Gasteiger partial charge in [0.25, 0.3) is 0 Å². The minimum atomic E-state index is -0.989. The highest BCUT2D eigenvalue weighted by atomic mass is 32.2. The first-order valence-corrected chi connectivity index (χ1v) is 8.15. The summed E-state index contributed by atoms with van der Waals surface area (Å²) in [5.41, 5.74) is 3.72. The predicted molar refractivity (Wildman–Crippen MR) is 83.3 cm³/mol. The van der Waals surface area contributed by atoms with Crippen molar-refractivity contribution in [3.05, 3.63) is 65.2 Å². The molecular formula is C17H19NOS. The number of nitrogens with one attached hydrogen (secondary N) is 1. The summed E-state index contributed by atoms with van der Waals surface area (Å²) in [6.45, 7) is 2.03. The zero-order valence-corrected chi connectivity index (χ0v) is 12.6. The van der Waals surface area contributed by atoms with Gasteiger partial charge in [0.1, 0.15) is 0 Å². The molecule has 0 spiro atoms. The molecule has 0 saturated carbocycles. The van der Waals surface area contributed by atoms with Crippen molar-refractivity contribution in [1.29, 1.82) is 0 Å². The molecular weight excluding hydrogens is 266 g/mol. The maximum atomic E-state index is 13.0. The lowest BCUT2D eigenvalue weighted by molar-refractivity contribution is 0.580. The predicted octanol–water partition coefficient (Wildman–Crippen LogP) is 2.99. The van der Waals surface area contributed by atoms with Crippen molar-refractivity contribution in [3.8, 4) is 0 Å². The molecule has 2 nitrogen and oxygen atoms in total. The first-order chi connectivity index (χ1) is 9.72. The van der Waals surface area contributed by atoms with E-state index in [9.17, 15) is 4.21 Å². The molecule has 0 aromatic heterocycles. The Hall–Kier alpha value is -1.45. The van der Waals surface area contributed by atoms with Crippen LogP contribution in [0, 0.1) is 6.92 Å². The van der Waals surface area contributed by atoms with Gasteiger partial charge in [0, 0.05) is 10.9 Å². The molecule has 0 saturated heterocycles. The molecule has 0 aliphatic heterocycles. The van der Waals surface area contributed by atoms with Crippen LogP contribution in [-0.2, 0) is 17.2 Å². The number of rotatable bonds is 3. The minimum Gasteiger partial charge on any atom is -0.312 e. The Morgan fingerprint density at radius 3 is 2.55 bits per heavy atom. The zero-order chi connectivity index (χ0) is 14.1. The molecule has 0 amide bonds. The van der Waals surface area contributed by atoms with Gasteiger partial charge in [-0.3, -0.25) is 4.21 Å². The molecule has 2 aromatic carbocycles. The van der Waals surface area contributed by atoms with Crippen molar-refractivity contribution in [3.63, 3.8) is 0 Å². The number of fused-ring (bicyclic) bond motifs is 1. The quantitative estimate of drug-likeness (QED) is 0.939. The monoisotopic (exact) mass is 285 g/mol. The van der Waals surface area contributed by atoms with Gasteiger partial charge < -0.3 is 5.32 Å². The van der Waals surface area contributed by atoms with Crippen LogP contribution in [0.2, 0.25) is 0 Å². The zero-order valence-electron chi connectivity index (χ0n) is 11.8. The highest BCUT2D eigenvalue weighted by Crippen LogP contribution is 2.36. The fraction of sp³-hybridized carbons (Fsp3) is 0.294. The number of aryl methyl sites for hydroxylation is 1. The van der Waals surface area contributed by atoms with Gasteiger partial charge in [-0.05, 0) is 43.1 Å². The summed E-state index contributed by atoms with van der Waals surface area (Å²) in [4.78, 5) is 0.963. The van der Waals surface area contributed by atoms with Crippen molar-refractivity contribution in [2.45, 2.75) is 29.5 Å². The van der Waals surface area contributed by atoms with Crippen LogP contribution in [-0.4, -0.2) is 16.5 Å². The van der Waals surface area contributed by atoms with Crippen molar-refractivity contribution in [2.75, 3.05) is 7.05 Å². The molecule has 104 valence electrons. The van der Waals surface area contributed by atoms with Crippen LogP contribution in [0.15, 0.2) is 53.4 Å². The van der Waals surface area contributed by atoms with Crippen LogP contribution in [0.25, 0.3) is 0 Å². The second kappa shape index (κ2) is 5.51. The average Bonchev–Trinajstić information content (AvgIpc) is 2.85. The third-order valence-electron chi connectivity index (χ3n) is 4.08. The van der Waals surface area contributed by atoms with E-state index in [1.165, 1.54) is 11.1 Å². The van der Waals surface area contributed by atoms with E-state index >= 15 is 0 Å². The molecule has 0 heterocycles. The second-order valence-electron chi connectivity index (χ2n) is 5.27. The Balaban J connectivity index is 1.96. The van der Waals surface area contributed by atoms with Gasteiger partial charge in [-0.15, -0.1) is 0 Å². The molecule has 3 rings (SSSR count). The summed E-state index contributed by atoms with van der Waals surface area (Å²) >= 11 is 0. The van der Waals surface area contributed by atoms with E-state index in [0.717, 1.165) is 16.9 Å². The Kier molecular flexibility index (Phi) is 3.72. The van der Waals surface area contributed by atoms with Crippen LogP contribution < -0.4 is 5.32 Å². The largest absolute Gasteiger partial charge is 0.312 e. The van der Waals surface area contributed by atoms with Gasteiger partial charge >= 0.3 is 0 Å². The van der Waals surface area contributed by atoms with Crippen LogP contribution in [0.1, 0.15) is 22.7 Å². The van der Waals surface area contributed by atoms with E-state index in [1.54, 1.807) is 0 Å². The van der Waals surface area contributed by atoms with Crippen molar-refractivity contribution in [2.24, 2.45) is 0 Å². The minimum absolute atomic E-state index is 0.110. The molecule has 3 heteroatoms. The molecule has 2 aromatic rings. The molecule has 3 atom stereocenters. The molecule has 1 aliphatic rings. The normalized spacial score (nSPS) is 22.5. The molecule has 1 N–H and O–H groups in total. The van der Waals surface area contributed by atoms with Crippen LogP contribution >= 0.6 is 0 Å². The van der Waals surface area contributed by atoms with E-state index in [2.05, 4.69) is 29.6 Å². The first-order valence-electron chi connectivity index (χ1n) is 6.93. The number of hydrogen-bond donors (Lipinski definition) is 1. The van der Waals surface area contributed by atoms with E-state index in [-0.39, 0.29) is 11.3 Å². The van der Waals surface area contributed by atoms with Crippen LogP contribution in [0.3, 0.4) is 0 Å². The number of benzene rings is 2. The molecule has 1 aliphatic carbocycles. The van der Waals surface area contributed by atoms with Crippen molar-refractivity contribution < 1.29 is 4.21 Å². The second-order valence-corrected chi connectivity index (χ2v) is 6.91. The maximum absolute atomic E-state index is 13.0. The summed E-state index contributed by atoms with van der Waals surface area (Å²) in [7, 11) is 0.964. The molecule has 0 radical (unpaired) electrons. The topological polar surface area (TPSA) is 29.1 Å². The van der Waals surface area contributed by atoms with E-state index in [0.29, 0.717) is 0 Å². The lowest BCUT2D eigenvalue weighted by atomic mass is 10.1. The summed E-state index contributed by atoms with van der Waals surface area (Å²) < 4.78 is 13.0. The van der Waals surface area contributed by atoms with Crippen LogP contribution in [0.4, 0.5) is 0 Å². The summed E-state index contributed by atoms with van der Waals surface area (Å²) in [6.07, 6.45) is 0.878. The highest BCUT2D eigenvalue weighted by Gasteiger charge is 2.36. The molecule has 20 heavy (non-hydrogen) atoms. The van der Waals surface area contributed by atoms with Crippen LogP contribution in [0.5, 0.6) is 0 Å². The third-order valence-corrected chi connectivity index (χ3v) is 5.96. The molecule has 3 unspecified atom stereocenters. The fourth-order valence-electron chi connectivity index (χ4n) is 3.04. The lowest BCUT2D eigenvalue weighted by Gasteiger charge is -2.20. The summed E-state index contributed by atoms with van der Waals surface area (Å²) in [5, 5.41) is 3.46.